The standard InChI is InChI=1S/C44H26N2S.2C38H22N2S/c1-3-14-33-31(12-1)40(28-21-19-27(20-22-28)29-10-9-25-45-26-29)32-13-2-4-15-34(32)41(33)43-37-24-23-35-30-11-6-8-18-39(30)47-44(35)42(37)36-16-5-7-17-38(36)46-43;1-3-14-27-25(12-1)34(23-10-9-21-39-22-23)26-13-2-4-15-28(26)35(27)37-31-20-19-29-24-11-6-8-18-33(24)41-38(29)36(31)30-16-5-7-17-32(30)40-37;1-3-12-27-25(10-1)34(23-19-21-39-22-20-23)26-11-2-4-13-28(26)35(27)37-31-18-17-29-24-9-6-8-16-33(24)41-38(29)36(31)30-14-5-7-15-32(30)40-37/h1-26H;2*1-22H. The smallest absolute Gasteiger partial charge is 0.0801 e. The number of fused-ring (bicyclic) bond motifs is 27. The van der Waals surface area contributed by atoms with Crippen molar-refractivity contribution in [2.24, 2.45) is 0 Å². The average Bonchev–Trinajstić information content (AvgIpc) is 1.71. The SMILES string of the molecule is c1ccc2c(c1)nc(-c1c3ccccc3c(-c3ccncc3)c3ccccc13)c1ccc3c4ccccc4sc3c12.c1cncc(-c2c3ccccc3c(-c3nc4ccccc4c4c3ccc3c5ccccc5sc34)c3ccccc23)c1.c1cncc(-c2ccc(-c3c4ccccc4c(-c4nc5ccccc5c5c4ccc4c6ccccc6sc45)c4ccccc34)cc2)c1. The van der Waals surface area contributed by atoms with E-state index in [0.29, 0.717) is 0 Å². The molecule has 0 aliphatic heterocycles. The number of nitrogens with zero attached hydrogens (tertiary/aromatic N) is 6. The lowest BCUT2D eigenvalue weighted by molar-refractivity contribution is 1.33. The fourth-order valence-electron chi connectivity index (χ4n) is 20.7. The Kier molecular flexibility index (Phi) is 17.5. The van der Waals surface area contributed by atoms with Gasteiger partial charge in [0, 0.05) is 168 Å². The molecule has 0 saturated heterocycles. The Morgan fingerprint density at radius 1 is 0.147 bits per heavy atom. The van der Waals surface area contributed by atoms with Gasteiger partial charge < -0.3 is 0 Å². The maximum Gasteiger partial charge on any atom is 0.0801 e. The first-order chi connectivity index (χ1) is 64.1. The molecule has 9 aromatic heterocycles. The maximum atomic E-state index is 5.48. The predicted molar refractivity (Wildman–Crippen MR) is 553 cm³/mol. The summed E-state index contributed by atoms with van der Waals surface area (Å²) in [5, 5.41) is 33.4. The van der Waals surface area contributed by atoms with Gasteiger partial charge >= 0.3 is 0 Å². The molecule has 0 saturated carbocycles. The molecule has 0 atom stereocenters. The summed E-state index contributed by atoms with van der Waals surface area (Å²) in [6.45, 7) is 0. The molecule has 28 rings (SSSR count). The average molecular weight is 1690 g/mol. The second kappa shape index (κ2) is 30.3. The summed E-state index contributed by atoms with van der Waals surface area (Å²) in [7, 11) is 0. The fourth-order valence-corrected chi connectivity index (χ4v) is 24.5. The number of pyridine rings is 6. The molecule has 0 bridgehead atoms. The number of para-hydroxylation sites is 3. The topological polar surface area (TPSA) is 77.3 Å². The van der Waals surface area contributed by atoms with Gasteiger partial charge in [-0.15, -0.1) is 34.0 Å². The van der Waals surface area contributed by atoms with Crippen LogP contribution in [0.25, 0.3) is 268 Å². The van der Waals surface area contributed by atoms with E-state index in [-0.39, 0.29) is 0 Å². The van der Waals surface area contributed by atoms with E-state index in [2.05, 4.69) is 391 Å². The third kappa shape index (κ3) is 11.9. The Balaban J connectivity index is 0.000000102. The highest BCUT2D eigenvalue weighted by atomic mass is 32.1. The van der Waals surface area contributed by atoms with Crippen molar-refractivity contribution in [1.82, 2.24) is 29.9 Å². The highest BCUT2D eigenvalue weighted by molar-refractivity contribution is 7.27. The van der Waals surface area contributed by atoms with E-state index in [0.717, 1.165) is 50.3 Å². The molecule has 0 aliphatic rings. The molecule has 0 radical (unpaired) electrons. The third-order valence-corrected chi connectivity index (χ3v) is 29.8. The van der Waals surface area contributed by atoms with Crippen molar-refractivity contribution < 1.29 is 0 Å². The van der Waals surface area contributed by atoms with Gasteiger partial charge in [0.1, 0.15) is 0 Å². The van der Waals surface area contributed by atoms with Crippen molar-refractivity contribution in [3.63, 3.8) is 0 Å². The summed E-state index contributed by atoms with van der Waals surface area (Å²) in [6, 6.07) is 140. The maximum absolute atomic E-state index is 5.48. The van der Waals surface area contributed by atoms with Crippen molar-refractivity contribution in [2.75, 3.05) is 0 Å². The van der Waals surface area contributed by atoms with Crippen LogP contribution in [0.2, 0.25) is 0 Å². The van der Waals surface area contributed by atoms with Crippen molar-refractivity contribution in [1.29, 1.82) is 0 Å². The third-order valence-electron chi connectivity index (χ3n) is 26.2. The van der Waals surface area contributed by atoms with E-state index in [1.54, 1.807) is 0 Å². The fraction of sp³-hybridized carbons (Fsp3) is 0. The van der Waals surface area contributed by atoms with Crippen LogP contribution in [-0.2, 0) is 0 Å². The number of benzene rings is 19. The number of rotatable bonds is 7. The number of hydrogen-bond acceptors (Lipinski definition) is 9. The van der Waals surface area contributed by atoms with Gasteiger partial charge in [0.15, 0.2) is 0 Å². The summed E-state index contributed by atoms with van der Waals surface area (Å²) in [5.74, 6) is 0. The van der Waals surface area contributed by atoms with Crippen molar-refractivity contribution in [2.45, 2.75) is 0 Å². The monoisotopic (exact) mass is 1690 g/mol. The molecule has 0 amide bonds. The van der Waals surface area contributed by atoms with Gasteiger partial charge in [-0.2, -0.15) is 0 Å². The molecular formula is C120H70N6S3. The van der Waals surface area contributed by atoms with Crippen LogP contribution in [0.3, 0.4) is 0 Å². The minimum Gasteiger partial charge on any atom is -0.265 e. The molecule has 19 aromatic carbocycles. The molecule has 598 valence electrons. The quantitative estimate of drug-likeness (QED) is 0.117. The number of aromatic nitrogens is 6. The first kappa shape index (κ1) is 74.3. The molecule has 0 fully saturated rings. The van der Waals surface area contributed by atoms with Gasteiger partial charge in [-0.25, -0.2) is 15.0 Å². The highest BCUT2D eigenvalue weighted by Gasteiger charge is 2.27. The van der Waals surface area contributed by atoms with E-state index >= 15 is 0 Å². The van der Waals surface area contributed by atoms with E-state index in [4.69, 9.17) is 15.0 Å². The second-order valence-electron chi connectivity index (χ2n) is 33.1. The largest absolute Gasteiger partial charge is 0.265 e. The van der Waals surface area contributed by atoms with E-state index in [1.807, 2.05) is 83.3 Å². The van der Waals surface area contributed by atoms with Gasteiger partial charge in [0.25, 0.3) is 0 Å². The lowest BCUT2D eigenvalue weighted by Gasteiger charge is -2.19. The van der Waals surface area contributed by atoms with Crippen LogP contribution < -0.4 is 0 Å². The summed E-state index contributed by atoms with van der Waals surface area (Å²) in [5.41, 5.74) is 19.2. The number of thiophene rings is 3. The number of hydrogen-bond donors (Lipinski definition) is 0. The minimum absolute atomic E-state index is 1.02. The summed E-state index contributed by atoms with van der Waals surface area (Å²) >= 11 is 5.65. The molecule has 0 unspecified atom stereocenters. The lowest BCUT2D eigenvalue weighted by Crippen LogP contribution is -1.95. The van der Waals surface area contributed by atoms with Crippen LogP contribution in [-0.4, -0.2) is 29.9 Å². The minimum atomic E-state index is 1.02. The van der Waals surface area contributed by atoms with Gasteiger partial charge in [-0.1, -0.05) is 328 Å². The lowest BCUT2D eigenvalue weighted by atomic mass is 9.85. The predicted octanol–water partition coefficient (Wildman–Crippen LogP) is 34.0. The van der Waals surface area contributed by atoms with Crippen LogP contribution in [0.5, 0.6) is 0 Å². The first-order valence-corrected chi connectivity index (χ1v) is 46.0. The van der Waals surface area contributed by atoms with Gasteiger partial charge in [-0.05, 0) is 164 Å². The Labute approximate surface area is 751 Å². The molecule has 129 heavy (non-hydrogen) atoms. The Morgan fingerprint density at radius 2 is 0.395 bits per heavy atom. The van der Waals surface area contributed by atoms with Crippen molar-refractivity contribution in [3.8, 4) is 78.3 Å². The van der Waals surface area contributed by atoms with Gasteiger partial charge in [-0.3, -0.25) is 15.0 Å². The molecule has 6 nitrogen and oxygen atoms in total. The van der Waals surface area contributed by atoms with Crippen LogP contribution in [0.4, 0.5) is 0 Å². The van der Waals surface area contributed by atoms with E-state index in [1.165, 1.54) is 218 Å². The summed E-state index contributed by atoms with van der Waals surface area (Å²) < 4.78 is 7.91. The normalized spacial score (nSPS) is 11.9. The zero-order chi connectivity index (χ0) is 84.7. The Bertz CT molecular complexity index is 9000. The molecule has 28 aromatic rings. The zero-order valence-electron chi connectivity index (χ0n) is 69.3. The Morgan fingerprint density at radius 3 is 0.705 bits per heavy atom. The molecule has 0 spiro atoms. The molecule has 0 aliphatic carbocycles. The van der Waals surface area contributed by atoms with Crippen molar-refractivity contribution in [3.05, 3.63) is 425 Å². The molecule has 9 heteroatoms. The second-order valence-corrected chi connectivity index (χ2v) is 36.3. The summed E-state index contributed by atoms with van der Waals surface area (Å²) in [6.07, 6.45) is 11.3. The Hall–Kier alpha value is -16.1. The van der Waals surface area contributed by atoms with Crippen LogP contribution in [0.1, 0.15) is 0 Å². The van der Waals surface area contributed by atoms with Crippen molar-refractivity contribution >= 4 is 224 Å². The van der Waals surface area contributed by atoms with Crippen LogP contribution >= 0.6 is 34.0 Å². The zero-order valence-corrected chi connectivity index (χ0v) is 71.8. The summed E-state index contributed by atoms with van der Waals surface area (Å²) in [4.78, 5) is 29.4. The van der Waals surface area contributed by atoms with E-state index in [9.17, 15) is 0 Å². The first-order valence-electron chi connectivity index (χ1n) is 43.6. The van der Waals surface area contributed by atoms with Crippen LogP contribution in [0.15, 0.2) is 425 Å². The highest BCUT2D eigenvalue weighted by Crippen LogP contribution is 2.54. The molecule has 9 heterocycles. The van der Waals surface area contributed by atoms with E-state index < -0.39 is 0 Å². The molecular weight excluding hydrogens is 1620 g/mol. The van der Waals surface area contributed by atoms with Crippen LogP contribution in [0, 0.1) is 0 Å². The molecule has 0 N–H and O–H groups in total. The van der Waals surface area contributed by atoms with Gasteiger partial charge in [0.05, 0.1) is 33.6 Å². The van der Waals surface area contributed by atoms with Gasteiger partial charge in [0.2, 0.25) is 0 Å².